The minimum absolute atomic E-state index is 0.0848. The molecule has 2 rings (SSSR count). The zero-order valence-corrected chi connectivity index (χ0v) is 10.6. The first-order valence-corrected chi connectivity index (χ1v) is 6.16. The van der Waals surface area contributed by atoms with Crippen LogP contribution in [0.5, 0.6) is 0 Å². The number of carbonyl (C=O) groups excluding carboxylic acids is 1. The fourth-order valence-electron chi connectivity index (χ4n) is 1.40. The maximum Gasteiger partial charge on any atom is 0.337 e. The summed E-state index contributed by atoms with van der Waals surface area (Å²) in [5.41, 5.74) is 0.516. The predicted molar refractivity (Wildman–Crippen MR) is 70.7 cm³/mol. The van der Waals surface area contributed by atoms with Gasteiger partial charge >= 0.3 is 5.97 Å². The van der Waals surface area contributed by atoms with Crippen molar-refractivity contribution in [2.24, 2.45) is 0 Å². The van der Waals surface area contributed by atoms with Crippen molar-refractivity contribution in [1.82, 2.24) is 0 Å². The molecule has 1 heterocycles. The molecular formula is C12H8ClNO3S. The van der Waals surface area contributed by atoms with Crippen LogP contribution < -0.4 is 5.32 Å². The lowest BCUT2D eigenvalue weighted by atomic mass is 10.2. The van der Waals surface area contributed by atoms with E-state index in [4.69, 9.17) is 16.7 Å². The van der Waals surface area contributed by atoms with Crippen LogP contribution in [-0.4, -0.2) is 17.0 Å². The summed E-state index contributed by atoms with van der Waals surface area (Å²) >= 11 is 6.67. The van der Waals surface area contributed by atoms with Gasteiger partial charge in [0.05, 0.1) is 9.90 Å². The quantitative estimate of drug-likeness (QED) is 0.906. The molecule has 0 aliphatic carbocycles. The van der Waals surface area contributed by atoms with Gasteiger partial charge in [-0.3, -0.25) is 4.79 Å². The fraction of sp³-hybridized carbons (Fsp3) is 0. The number of carboxylic acids is 1. The lowest BCUT2D eigenvalue weighted by Crippen LogP contribution is -2.13. The first-order chi connectivity index (χ1) is 8.58. The topological polar surface area (TPSA) is 66.4 Å². The van der Waals surface area contributed by atoms with Gasteiger partial charge in [-0.05, 0) is 18.2 Å². The zero-order chi connectivity index (χ0) is 13.1. The summed E-state index contributed by atoms with van der Waals surface area (Å²) in [4.78, 5) is 23.0. The van der Waals surface area contributed by atoms with Crippen molar-refractivity contribution in [1.29, 1.82) is 0 Å². The number of amides is 1. The van der Waals surface area contributed by atoms with Crippen molar-refractivity contribution in [2.75, 3.05) is 5.32 Å². The van der Waals surface area contributed by atoms with E-state index in [-0.39, 0.29) is 14.8 Å². The van der Waals surface area contributed by atoms with Crippen LogP contribution in [0.3, 0.4) is 0 Å². The number of thiophene rings is 1. The molecule has 1 aromatic carbocycles. The Kier molecular flexibility index (Phi) is 3.64. The molecule has 0 bridgehead atoms. The number of carbonyl (C=O) groups is 2. The second kappa shape index (κ2) is 5.20. The highest BCUT2D eigenvalue weighted by Gasteiger charge is 2.20. The third-order valence-electron chi connectivity index (χ3n) is 2.17. The summed E-state index contributed by atoms with van der Waals surface area (Å²) in [5.74, 6) is -1.65. The lowest BCUT2D eigenvalue weighted by molar-refractivity contribution is 0.0693. The number of aromatic carboxylic acids is 1. The predicted octanol–water partition coefficient (Wildman–Crippen LogP) is 3.35. The first-order valence-electron chi connectivity index (χ1n) is 4.97. The highest BCUT2D eigenvalue weighted by Crippen LogP contribution is 2.27. The Bertz CT molecular complexity index is 595. The molecular weight excluding hydrogens is 274 g/mol. The fourth-order valence-corrected chi connectivity index (χ4v) is 2.51. The van der Waals surface area contributed by atoms with Crippen molar-refractivity contribution >= 4 is 40.5 Å². The minimum atomic E-state index is -1.17. The van der Waals surface area contributed by atoms with Crippen molar-refractivity contribution in [3.8, 4) is 0 Å². The number of hydrogen-bond acceptors (Lipinski definition) is 3. The smallest absolute Gasteiger partial charge is 0.337 e. The van der Waals surface area contributed by atoms with E-state index in [0.717, 1.165) is 11.3 Å². The van der Waals surface area contributed by atoms with Gasteiger partial charge in [0.25, 0.3) is 5.91 Å². The van der Waals surface area contributed by atoms with Gasteiger partial charge in [0.1, 0.15) is 4.88 Å². The molecule has 0 spiro atoms. The van der Waals surface area contributed by atoms with E-state index in [9.17, 15) is 9.59 Å². The Morgan fingerprint density at radius 1 is 1.22 bits per heavy atom. The normalized spacial score (nSPS) is 10.1. The number of benzene rings is 1. The van der Waals surface area contributed by atoms with Crippen LogP contribution in [0, 0.1) is 0 Å². The molecule has 2 N–H and O–H groups in total. The molecule has 0 aliphatic rings. The second-order valence-corrected chi connectivity index (χ2v) is 5.10. The van der Waals surface area contributed by atoms with Crippen molar-refractivity contribution in [3.63, 3.8) is 0 Å². The van der Waals surface area contributed by atoms with Crippen LogP contribution in [0.25, 0.3) is 0 Å². The molecule has 0 saturated heterocycles. The standard InChI is InChI=1S/C12H8ClNO3S/c13-9-6-8(12(16)17)10(18-9)11(15)14-7-4-2-1-3-5-7/h1-6H,(H,14,15)(H,16,17). The Morgan fingerprint density at radius 3 is 2.50 bits per heavy atom. The summed E-state index contributed by atoms with van der Waals surface area (Å²) in [6.45, 7) is 0. The van der Waals surface area contributed by atoms with E-state index in [1.807, 2.05) is 6.07 Å². The number of carboxylic acid groups (broad SMARTS) is 1. The molecule has 18 heavy (non-hydrogen) atoms. The van der Waals surface area contributed by atoms with E-state index >= 15 is 0 Å². The molecule has 92 valence electrons. The van der Waals surface area contributed by atoms with Gasteiger partial charge in [-0.15, -0.1) is 11.3 Å². The summed E-state index contributed by atoms with van der Waals surface area (Å²) in [5, 5.41) is 11.6. The number of para-hydroxylation sites is 1. The largest absolute Gasteiger partial charge is 0.478 e. The molecule has 0 unspecified atom stereocenters. The van der Waals surface area contributed by atoms with Gasteiger partial charge in [-0.25, -0.2) is 4.79 Å². The number of rotatable bonds is 3. The van der Waals surface area contributed by atoms with Crippen molar-refractivity contribution < 1.29 is 14.7 Å². The molecule has 0 saturated carbocycles. The summed E-state index contributed by atoms with van der Waals surface area (Å²) in [7, 11) is 0. The van der Waals surface area contributed by atoms with Gasteiger partial charge < -0.3 is 10.4 Å². The maximum atomic E-state index is 11.9. The van der Waals surface area contributed by atoms with Crippen LogP contribution in [-0.2, 0) is 0 Å². The third kappa shape index (κ3) is 2.69. The molecule has 1 amide bonds. The Labute approximate surface area is 112 Å². The lowest BCUT2D eigenvalue weighted by Gasteiger charge is -2.03. The SMILES string of the molecule is O=C(O)c1cc(Cl)sc1C(=O)Nc1ccccc1. The van der Waals surface area contributed by atoms with Crippen molar-refractivity contribution in [3.05, 3.63) is 51.2 Å². The zero-order valence-electron chi connectivity index (χ0n) is 9.01. The van der Waals surface area contributed by atoms with E-state index in [1.54, 1.807) is 24.3 Å². The maximum absolute atomic E-state index is 11.9. The van der Waals surface area contributed by atoms with Crippen molar-refractivity contribution in [2.45, 2.75) is 0 Å². The average Bonchev–Trinajstić information content (AvgIpc) is 2.73. The first kappa shape index (κ1) is 12.6. The van der Waals surface area contributed by atoms with Gasteiger partial charge in [0.2, 0.25) is 0 Å². The van der Waals surface area contributed by atoms with E-state index < -0.39 is 11.9 Å². The number of nitrogens with one attached hydrogen (secondary N) is 1. The Balaban J connectivity index is 2.27. The van der Waals surface area contributed by atoms with E-state index in [2.05, 4.69) is 5.32 Å². The Hall–Kier alpha value is -1.85. The minimum Gasteiger partial charge on any atom is -0.478 e. The van der Waals surface area contributed by atoms with Crippen LogP contribution in [0.1, 0.15) is 20.0 Å². The number of halogens is 1. The van der Waals surface area contributed by atoms with Gasteiger partial charge in [-0.1, -0.05) is 29.8 Å². The van der Waals surface area contributed by atoms with E-state index in [1.165, 1.54) is 6.07 Å². The van der Waals surface area contributed by atoms with Crippen LogP contribution in [0.15, 0.2) is 36.4 Å². The molecule has 0 aliphatic heterocycles. The summed E-state index contributed by atoms with van der Waals surface area (Å²) < 4.78 is 0.269. The molecule has 1 aromatic heterocycles. The third-order valence-corrected chi connectivity index (χ3v) is 3.43. The second-order valence-electron chi connectivity index (χ2n) is 3.42. The highest BCUT2D eigenvalue weighted by atomic mass is 35.5. The summed E-state index contributed by atoms with van der Waals surface area (Å²) in [6.07, 6.45) is 0. The molecule has 0 radical (unpaired) electrons. The van der Waals surface area contributed by atoms with E-state index in [0.29, 0.717) is 5.69 Å². The molecule has 2 aromatic rings. The monoisotopic (exact) mass is 281 g/mol. The molecule has 4 nitrogen and oxygen atoms in total. The number of hydrogen-bond donors (Lipinski definition) is 2. The number of anilines is 1. The van der Waals surface area contributed by atoms with Gasteiger partial charge in [0, 0.05) is 5.69 Å². The highest BCUT2D eigenvalue weighted by molar-refractivity contribution is 7.18. The van der Waals surface area contributed by atoms with Gasteiger partial charge in [-0.2, -0.15) is 0 Å². The average molecular weight is 282 g/mol. The van der Waals surface area contributed by atoms with Crippen LogP contribution in [0.4, 0.5) is 5.69 Å². The summed E-state index contributed by atoms with van der Waals surface area (Å²) in [6, 6.07) is 10.1. The van der Waals surface area contributed by atoms with Crippen LogP contribution in [0.2, 0.25) is 4.34 Å². The molecule has 0 atom stereocenters. The Morgan fingerprint density at radius 2 is 1.89 bits per heavy atom. The van der Waals surface area contributed by atoms with Crippen LogP contribution >= 0.6 is 22.9 Å². The molecule has 6 heteroatoms. The van der Waals surface area contributed by atoms with Gasteiger partial charge in [0.15, 0.2) is 0 Å². The molecule has 0 fully saturated rings.